The standard InChI is InChI=1S/C19H27N5OS/c1-15(2)24-14-21-22-19(24)26-13-18(25)20-12-17(23-10-6-7-11-23)16-8-4-3-5-9-16/h3-5,8-9,14-15,17H,6-7,10-13H2,1-2H3,(H,20,25)/t17-/m1/s1. The molecule has 2 aromatic rings. The van der Waals surface area contributed by atoms with Crippen LogP contribution in [0, 0.1) is 0 Å². The van der Waals surface area contributed by atoms with E-state index < -0.39 is 0 Å². The van der Waals surface area contributed by atoms with Crippen LogP contribution in [0.5, 0.6) is 0 Å². The van der Waals surface area contributed by atoms with Crippen LogP contribution in [-0.2, 0) is 4.79 Å². The zero-order valence-electron chi connectivity index (χ0n) is 15.5. The number of carbonyl (C=O) groups is 1. The first-order chi connectivity index (χ1) is 12.6. The lowest BCUT2D eigenvalue weighted by Gasteiger charge is -2.28. The molecular weight excluding hydrogens is 346 g/mol. The third-order valence-electron chi connectivity index (χ3n) is 4.69. The molecule has 6 nitrogen and oxygen atoms in total. The van der Waals surface area contributed by atoms with Crippen LogP contribution in [0.25, 0.3) is 0 Å². The van der Waals surface area contributed by atoms with Crippen molar-refractivity contribution in [1.82, 2.24) is 25.0 Å². The average molecular weight is 374 g/mol. The minimum atomic E-state index is 0.0356. The van der Waals surface area contributed by atoms with Gasteiger partial charge in [0.15, 0.2) is 5.16 Å². The molecular formula is C19H27N5OS. The fourth-order valence-corrected chi connectivity index (χ4v) is 4.14. The number of benzene rings is 1. The number of amides is 1. The van der Waals surface area contributed by atoms with E-state index in [9.17, 15) is 4.79 Å². The van der Waals surface area contributed by atoms with Crippen LogP contribution in [-0.4, -0.2) is 51.0 Å². The molecule has 1 aliphatic rings. The fourth-order valence-electron chi connectivity index (χ4n) is 3.27. The van der Waals surface area contributed by atoms with Crippen molar-refractivity contribution >= 4 is 17.7 Å². The van der Waals surface area contributed by atoms with E-state index in [1.54, 1.807) is 6.33 Å². The summed E-state index contributed by atoms with van der Waals surface area (Å²) in [4.78, 5) is 14.8. The molecule has 1 aromatic carbocycles. The number of nitrogens with zero attached hydrogens (tertiary/aromatic N) is 4. The number of aromatic nitrogens is 3. The molecule has 1 aliphatic heterocycles. The van der Waals surface area contributed by atoms with Crippen LogP contribution >= 0.6 is 11.8 Å². The minimum Gasteiger partial charge on any atom is -0.353 e. The van der Waals surface area contributed by atoms with Gasteiger partial charge in [-0.3, -0.25) is 9.69 Å². The molecule has 26 heavy (non-hydrogen) atoms. The molecule has 0 unspecified atom stereocenters. The van der Waals surface area contributed by atoms with Gasteiger partial charge in [0.05, 0.1) is 11.8 Å². The number of likely N-dealkylation sites (tertiary alicyclic amines) is 1. The molecule has 140 valence electrons. The summed E-state index contributed by atoms with van der Waals surface area (Å²) in [6.45, 7) is 6.99. The third kappa shape index (κ3) is 4.86. The van der Waals surface area contributed by atoms with Gasteiger partial charge in [0.25, 0.3) is 0 Å². The SMILES string of the molecule is CC(C)n1cnnc1SCC(=O)NC[C@H](c1ccccc1)N1CCCC1. The summed E-state index contributed by atoms with van der Waals surface area (Å²) < 4.78 is 1.98. The first-order valence-electron chi connectivity index (χ1n) is 9.23. The smallest absolute Gasteiger partial charge is 0.230 e. The Kier molecular flexibility index (Phi) is 6.68. The van der Waals surface area contributed by atoms with Crippen molar-refractivity contribution in [3.8, 4) is 0 Å². The van der Waals surface area contributed by atoms with E-state index in [-0.39, 0.29) is 18.0 Å². The van der Waals surface area contributed by atoms with E-state index in [0.29, 0.717) is 12.3 Å². The van der Waals surface area contributed by atoms with Gasteiger partial charge in [-0.05, 0) is 45.3 Å². The highest BCUT2D eigenvalue weighted by Gasteiger charge is 2.23. The molecule has 3 rings (SSSR count). The second-order valence-corrected chi connectivity index (χ2v) is 7.82. The molecule has 2 heterocycles. The molecule has 0 bridgehead atoms. The Balaban J connectivity index is 1.55. The molecule has 0 saturated carbocycles. The maximum Gasteiger partial charge on any atom is 0.230 e. The summed E-state index contributed by atoms with van der Waals surface area (Å²) in [5, 5.41) is 11.9. The van der Waals surface area contributed by atoms with Crippen molar-refractivity contribution in [3.05, 3.63) is 42.2 Å². The second-order valence-electron chi connectivity index (χ2n) is 6.88. The van der Waals surface area contributed by atoms with E-state index >= 15 is 0 Å². The maximum absolute atomic E-state index is 12.4. The molecule has 1 amide bonds. The Hall–Kier alpha value is -1.86. The first-order valence-corrected chi connectivity index (χ1v) is 10.2. The lowest BCUT2D eigenvalue weighted by Crippen LogP contribution is -2.37. The quantitative estimate of drug-likeness (QED) is 0.721. The zero-order chi connectivity index (χ0) is 18.4. The Labute approximate surface area is 159 Å². The van der Waals surface area contributed by atoms with Gasteiger partial charge in [-0.15, -0.1) is 10.2 Å². The van der Waals surface area contributed by atoms with Crippen molar-refractivity contribution in [2.45, 2.75) is 43.9 Å². The Morgan fingerprint density at radius 1 is 1.23 bits per heavy atom. The van der Waals surface area contributed by atoms with E-state index in [1.165, 1.54) is 30.2 Å². The van der Waals surface area contributed by atoms with E-state index in [1.807, 2.05) is 10.6 Å². The summed E-state index contributed by atoms with van der Waals surface area (Å²) in [5.41, 5.74) is 1.27. The van der Waals surface area contributed by atoms with Gasteiger partial charge in [0.1, 0.15) is 6.33 Å². The number of hydrogen-bond donors (Lipinski definition) is 1. The van der Waals surface area contributed by atoms with Gasteiger partial charge in [-0.1, -0.05) is 42.1 Å². The predicted molar refractivity (Wildman–Crippen MR) is 104 cm³/mol. The van der Waals surface area contributed by atoms with Crippen LogP contribution in [0.2, 0.25) is 0 Å². The normalized spacial score (nSPS) is 16.1. The summed E-state index contributed by atoms with van der Waals surface area (Å²) in [6, 6.07) is 11.0. The second kappa shape index (κ2) is 9.19. The lowest BCUT2D eigenvalue weighted by atomic mass is 10.1. The van der Waals surface area contributed by atoms with Crippen molar-refractivity contribution < 1.29 is 4.79 Å². The molecule has 1 fully saturated rings. The van der Waals surface area contributed by atoms with E-state index in [2.05, 4.69) is 58.5 Å². The largest absolute Gasteiger partial charge is 0.353 e. The Morgan fingerprint density at radius 2 is 1.96 bits per heavy atom. The summed E-state index contributed by atoms with van der Waals surface area (Å²) in [7, 11) is 0. The fraction of sp³-hybridized carbons (Fsp3) is 0.526. The first kappa shape index (κ1) is 18.9. The minimum absolute atomic E-state index is 0.0356. The van der Waals surface area contributed by atoms with E-state index in [0.717, 1.165) is 18.2 Å². The number of carbonyl (C=O) groups excluding carboxylic acids is 1. The molecule has 1 aromatic heterocycles. The van der Waals surface area contributed by atoms with Gasteiger partial charge in [-0.2, -0.15) is 0 Å². The highest BCUT2D eigenvalue weighted by atomic mass is 32.2. The van der Waals surface area contributed by atoms with Gasteiger partial charge >= 0.3 is 0 Å². The Morgan fingerprint density at radius 3 is 2.65 bits per heavy atom. The van der Waals surface area contributed by atoms with Gasteiger partial charge in [0.2, 0.25) is 5.91 Å². The highest BCUT2D eigenvalue weighted by molar-refractivity contribution is 7.99. The lowest BCUT2D eigenvalue weighted by molar-refractivity contribution is -0.118. The number of rotatable bonds is 8. The third-order valence-corrected chi connectivity index (χ3v) is 5.64. The highest BCUT2D eigenvalue weighted by Crippen LogP contribution is 2.24. The Bertz CT molecular complexity index is 697. The van der Waals surface area contributed by atoms with Crippen molar-refractivity contribution in [2.24, 2.45) is 0 Å². The monoisotopic (exact) mass is 373 g/mol. The number of hydrogen-bond acceptors (Lipinski definition) is 5. The summed E-state index contributed by atoms with van der Waals surface area (Å²) in [6.07, 6.45) is 4.18. The van der Waals surface area contributed by atoms with Gasteiger partial charge in [0, 0.05) is 12.6 Å². The predicted octanol–water partition coefficient (Wildman–Crippen LogP) is 2.90. The van der Waals surface area contributed by atoms with E-state index in [4.69, 9.17) is 0 Å². The maximum atomic E-state index is 12.4. The number of thioether (sulfide) groups is 1. The molecule has 7 heteroatoms. The average Bonchev–Trinajstić information content (AvgIpc) is 3.33. The molecule has 1 saturated heterocycles. The van der Waals surface area contributed by atoms with Gasteiger partial charge in [-0.25, -0.2) is 0 Å². The van der Waals surface area contributed by atoms with Crippen molar-refractivity contribution in [2.75, 3.05) is 25.4 Å². The molecule has 1 N–H and O–H groups in total. The van der Waals surface area contributed by atoms with Gasteiger partial charge < -0.3 is 9.88 Å². The zero-order valence-corrected chi connectivity index (χ0v) is 16.3. The summed E-state index contributed by atoms with van der Waals surface area (Å²) in [5.74, 6) is 0.390. The topological polar surface area (TPSA) is 63.1 Å². The molecule has 0 radical (unpaired) electrons. The van der Waals surface area contributed by atoms with Crippen LogP contribution < -0.4 is 5.32 Å². The van der Waals surface area contributed by atoms with Crippen molar-refractivity contribution in [1.29, 1.82) is 0 Å². The molecule has 1 atom stereocenters. The van der Waals surface area contributed by atoms with Crippen LogP contribution in [0.3, 0.4) is 0 Å². The number of nitrogens with one attached hydrogen (secondary N) is 1. The van der Waals surface area contributed by atoms with Crippen LogP contribution in [0.4, 0.5) is 0 Å². The van der Waals surface area contributed by atoms with Crippen LogP contribution in [0.15, 0.2) is 41.8 Å². The van der Waals surface area contributed by atoms with Crippen LogP contribution in [0.1, 0.15) is 44.3 Å². The van der Waals surface area contributed by atoms with Crippen molar-refractivity contribution in [3.63, 3.8) is 0 Å². The summed E-state index contributed by atoms with van der Waals surface area (Å²) >= 11 is 1.43. The molecule has 0 spiro atoms. The molecule has 0 aliphatic carbocycles.